The second-order valence-corrected chi connectivity index (χ2v) is 5.80. The fourth-order valence-corrected chi connectivity index (χ4v) is 3.27. The highest BCUT2D eigenvalue weighted by atomic mass is 16.7. The van der Waals surface area contributed by atoms with Crippen molar-refractivity contribution in [2.75, 3.05) is 6.79 Å². The first-order chi connectivity index (χ1) is 11.2. The predicted molar refractivity (Wildman–Crippen MR) is 84.3 cm³/mol. The van der Waals surface area contributed by atoms with E-state index in [0.717, 1.165) is 47.5 Å². The van der Waals surface area contributed by atoms with Crippen molar-refractivity contribution < 1.29 is 19.0 Å². The number of primary amides is 1. The lowest BCUT2D eigenvalue weighted by Crippen LogP contribution is -2.20. The van der Waals surface area contributed by atoms with Crippen molar-refractivity contribution in [1.29, 1.82) is 0 Å². The Morgan fingerprint density at radius 3 is 2.74 bits per heavy atom. The molecule has 0 saturated carbocycles. The van der Waals surface area contributed by atoms with Crippen LogP contribution in [0.15, 0.2) is 36.4 Å². The largest absolute Gasteiger partial charge is 0.454 e. The molecule has 5 heteroatoms. The van der Waals surface area contributed by atoms with Crippen LogP contribution >= 0.6 is 0 Å². The van der Waals surface area contributed by atoms with Crippen LogP contribution in [0, 0.1) is 0 Å². The minimum absolute atomic E-state index is 0.259. The third kappa shape index (κ3) is 2.59. The number of hydrogen-bond donors (Lipinski definition) is 1. The second kappa shape index (κ2) is 5.50. The van der Waals surface area contributed by atoms with E-state index in [0.29, 0.717) is 0 Å². The molecule has 4 rings (SSSR count). The molecule has 2 aromatic rings. The molecule has 1 unspecified atom stereocenters. The summed E-state index contributed by atoms with van der Waals surface area (Å²) in [7, 11) is 0. The number of amides is 1. The third-order valence-electron chi connectivity index (χ3n) is 4.37. The molecule has 0 radical (unpaired) electrons. The molecule has 0 aromatic heterocycles. The van der Waals surface area contributed by atoms with Crippen molar-refractivity contribution >= 4 is 6.09 Å². The summed E-state index contributed by atoms with van der Waals surface area (Å²) in [6.07, 6.45) is 1.81. The molecule has 0 spiro atoms. The van der Waals surface area contributed by atoms with Crippen molar-refractivity contribution in [3.05, 3.63) is 47.5 Å². The molecular weight excluding hydrogens is 294 g/mol. The van der Waals surface area contributed by atoms with E-state index in [1.54, 1.807) is 0 Å². The van der Waals surface area contributed by atoms with Crippen molar-refractivity contribution in [3.63, 3.8) is 0 Å². The Kier molecular flexibility index (Phi) is 3.33. The van der Waals surface area contributed by atoms with E-state index in [2.05, 4.69) is 18.2 Å². The molecular formula is C18H17NO4. The predicted octanol–water partition coefficient (Wildman–Crippen LogP) is 3.56. The van der Waals surface area contributed by atoms with Crippen molar-refractivity contribution in [1.82, 2.24) is 0 Å². The van der Waals surface area contributed by atoms with Crippen LogP contribution < -0.4 is 15.2 Å². The Labute approximate surface area is 134 Å². The lowest BCUT2D eigenvalue weighted by atomic mass is 9.87. The van der Waals surface area contributed by atoms with E-state index in [9.17, 15) is 4.79 Å². The number of nitrogens with two attached hydrogens (primary N) is 1. The standard InChI is InChI=1S/C18H17NO4/c19-18(20)23-15-3-1-2-11-4-5-12(8-14(11)15)13-6-7-16-17(9-13)22-10-21-16/h4-9,15H,1-3,10H2,(H2,19,20). The lowest BCUT2D eigenvalue weighted by Gasteiger charge is -2.25. The van der Waals surface area contributed by atoms with Crippen LogP contribution in [-0.2, 0) is 11.2 Å². The minimum atomic E-state index is -0.726. The van der Waals surface area contributed by atoms with E-state index in [-0.39, 0.29) is 12.9 Å². The topological polar surface area (TPSA) is 70.8 Å². The van der Waals surface area contributed by atoms with Gasteiger partial charge in [0, 0.05) is 0 Å². The summed E-state index contributed by atoms with van der Waals surface area (Å²) in [6.45, 7) is 0.261. The van der Waals surface area contributed by atoms with Crippen LogP contribution in [0.2, 0.25) is 0 Å². The third-order valence-corrected chi connectivity index (χ3v) is 4.37. The molecule has 1 aliphatic carbocycles. The van der Waals surface area contributed by atoms with E-state index < -0.39 is 6.09 Å². The molecule has 1 aliphatic heterocycles. The first-order valence-corrected chi connectivity index (χ1v) is 7.69. The average Bonchev–Trinajstić information content (AvgIpc) is 3.02. The summed E-state index contributed by atoms with van der Waals surface area (Å²) in [6, 6.07) is 12.2. The summed E-state index contributed by atoms with van der Waals surface area (Å²) in [4.78, 5) is 11.1. The lowest BCUT2D eigenvalue weighted by molar-refractivity contribution is 0.0959. The SMILES string of the molecule is NC(=O)OC1CCCc2ccc(-c3ccc4c(c3)OCO4)cc21. The fourth-order valence-electron chi connectivity index (χ4n) is 3.27. The van der Waals surface area contributed by atoms with Gasteiger partial charge in [-0.1, -0.05) is 18.2 Å². The van der Waals surface area contributed by atoms with Gasteiger partial charge in [-0.15, -0.1) is 0 Å². The van der Waals surface area contributed by atoms with E-state index >= 15 is 0 Å². The maximum Gasteiger partial charge on any atom is 0.405 e. The number of hydrogen-bond acceptors (Lipinski definition) is 4. The van der Waals surface area contributed by atoms with Crippen LogP contribution in [0.4, 0.5) is 4.79 Å². The maximum absolute atomic E-state index is 11.1. The van der Waals surface area contributed by atoms with Gasteiger partial charge in [-0.25, -0.2) is 4.79 Å². The first-order valence-electron chi connectivity index (χ1n) is 7.69. The number of carbonyl (C=O) groups is 1. The van der Waals surface area contributed by atoms with Gasteiger partial charge in [0.25, 0.3) is 0 Å². The van der Waals surface area contributed by atoms with Gasteiger partial charge in [-0.2, -0.15) is 0 Å². The Morgan fingerprint density at radius 2 is 1.87 bits per heavy atom. The molecule has 118 valence electrons. The fraction of sp³-hybridized carbons (Fsp3) is 0.278. The number of fused-ring (bicyclic) bond motifs is 2. The molecule has 1 amide bonds. The highest BCUT2D eigenvalue weighted by Crippen LogP contribution is 2.39. The molecule has 0 bridgehead atoms. The van der Waals surface area contributed by atoms with Gasteiger partial charge >= 0.3 is 6.09 Å². The quantitative estimate of drug-likeness (QED) is 0.920. The van der Waals surface area contributed by atoms with Crippen LogP contribution in [0.5, 0.6) is 11.5 Å². The molecule has 2 aliphatic rings. The Bertz CT molecular complexity index is 772. The van der Waals surface area contributed by atoms with Gasteiger partial charge in [0.15, 0.2) is 11.5 Å². The first kappa shape index (κ1) is 13.9. The molecule has 1 heterocycles. The number of carbonyl (C=O) groups excluding carboxylic acids is 1. The Morgan fingerprint density at radius 1 is 1.09 bits per heavy atom. The van der Waals surface area contributed by atoms with Crippen LogP contribution in [0.25, 0.3) is 11.1 Å². The molecule has 2 N–H and O–H groups in total. The van der Waals surface area contributed by atoms with Gasteiger partial charge < -0.3 is 19.9 Å². The minimum Gasteiger partial charge on any atom is -0.454 e. The molecule has 5 nitrogen and oxygen atoms in total. The normalized spacial score (nSPS) is 18.3. The van der Waals surface area contributed by atoms with Gasteiger partial charge in [0.2, 0.25) is 6.79 Å². The number of aryl methyl sites for hydroxylation is 1. The highest BCUT2D eigenvalue weighted by Gasteiger charge is 2.23. The summed E-state index contributed by atoms with van der Waals surface area (Å²) >= 11 is 0. The van der Waals surface area contributed by atoms with E-state index in [1.165, 1.54) is 5.56 Å². The molecule has 1 atom stereocenters. The van der Waals surface area contributed by atoms with Crippen LogP contribution in [-0.4, -0.2) is 12.9 Å². The average molecular weight is 311 g/mol. The van der Waals surface area contributed by atoms with Crippen molar-refractivity contribution in [3.8, 4) is 22.6 Å². The molecule has 2 aromatic carbocycles. The van der Waals surface area contributed by atoms with Gasteiger partial charge in [0.1, 0.15) is 6.10 Å². The summed E-state index contributed by atoms with van der Waals surface area (Å²) in [5.41, 5.74) is 9.56. The van der Waals surface area contributed by atoms with Gasteiger partial charge in [-0.05, 0) is 59.7 Å². The number of ether oxygens (including phenoxy) is 3. The summed E-state index contributed by atoms with van der Waals surface area (Å²) in [5.74, 6) is 1.52. The highest BCUT2D eigenvalue weighted by molar-refractivity contribution is 5.69. The smallest absolute Gasteiger partial charge is 0.405 e. The van der Waals surface area contributed by atoms with Gasteiger partial charge in [-0.3, -0.25) is 0 Å². The Hall–Kier alpha value is -2.69. The molecule has 0 fully saturated rings. The van der Waals surface area contributed by atoms with Gasteiger partial charge in [0.05, 0.1) is 0 Å². The summed E-state index contributed by atoms with van der Waals surface area (Å²) < 4.78 is 16.1. The van der Waals surface area contributed by atoms with Crippen LogP contribution in [0.1, 0.15) is 30.1 Å². The number of benzene rings is 2. The zero-order valence-electron chi connectivity index (χ0n) is 12.6. The number of rotatable bonds is 2. The monoisotopic (exact) mass is 311 g/mol. The second-order valence-electron chi connectivity index (χ2n) is 5.80. The van der Waals surface area contributed by atoms with E-state index in [4.69, 9.17) is 19.9 Å². The van der Waals surface area contributed by atoms with Crippen LogP contribution in [0.3, 0.4) is 0 Å². The Balaban J connectivity index is 1.72. The summed E-state index contributed by atoms with van der Waals surface area (Å²) in [5, 5.41) is 0. The maximum atomic E-state index is 11.1. The zero-order chi connectivity index (χ0) is 15.8. The molecule has 23 heavy (non-hydrogen) atoms. The zero-order valence-corrected chi connectivity index (χ0v) is 12.6. The van der Waals surface area contributed by atoms with E-state index in [1.807, 2.05) is 18.2 Å². The van der Waals surface area contributed by atoms with Crippen molar-refractivity contribution in [2.24, 2.45) is 5.73 Å². The van der Waals surface area contributed by atoms with Crippen molar-refractivity contribution in [2.45, 2.75) is 25.4 Å². The molecule has 0 saturated heterocycles.